The van der Waals surface area contributed by atoms with Crippen molar-refractivity contribution in [2.45, 2.75) is 18.9 Å². The summed E-state index contributed by atoms with van der Waals surface area (Å²) in [5, 5.41) is 22.2. The first-order valence-corrected chi connectivity index (χ1v) is 8.70. The fraction of sp³-hybridized carbons (Fsp3) is 0.235. The van der Waals surface area contributed by atoms with Gasteiger partial charge in [0.2, 0.25) is 4.77 Å². The summed E-state index contributed by atoms with van der Waals surface area (Å²) >= 11 is 5.23. The van der Waals surface area contributed by atoms with Crippen molar-refractivity contribution >= 4 is 24.1 Å². The molecule has 9 nitrogen and oxygen atoms in total. The smallest absolute Gasteiger partial charge is 0.270 e. The third kappa shape index (κ3) is 3.57. The number of aromatic nitrogens is 3. The topological polar surface area (TPSA) is 111 Å². The standard InChI is InChI=1S/C17H15N5O4S/c23-22(24)12-4-1-3-11(9-12)14-7-6-13(26-14)10-18-21-16(19-20-17(21)27)15-5-2-8-25-15/h1,3-4,6-7,9-10,15H,2,5,8H2,(H,20,27)/b18-10-/t15-/m1/s1. The van der Waals surface area contributed by atoms with Gasteiger partial charge in [-0.1, -0.05) is 12.1 Å². The van der Waals surface area contributed by atoms with Crippen LogP contribution in [-0.2, 0) is 4.74 Å². The number of benzene rings is 1. The molecule has 3 aromatic rings. The number of nitrogens with one attached hydrogen (secondary N) is 1. The number of hydrogen-bond acceptors (Lipinski definition) is 7. The van der Waals surface area contributed by atoms with E-state index < -0.39 is 4.92 Å². The van der Waals surface area contributed by atoms with Gasteiger partial charge in [-0.05, 0) is 37.2 Å². The Hall–Kier alpha value is -3.11. The average Bonchev–Trinajstić information content (AvgIpc) is 3.41. The Morgan fingerprint density at radius 1 is 1.41 bits per heavy atom. The molecule has 27 heavy (non-hydrogen) atoms. The third-order valence-electron chi connectivity index (χ3n) is 4.16. The molecule has 0 radical (unpaired) electrons. The SMILES string of the molecule is O=[N+]([O-])c1cccc(-c2ccc(/C=N\n3c([C@H]4CCCO4)n[nH]c3=S)o2)c1. The first-order valence-electron chi connectivity index (χ1n) is 8.30. The summed E-state index contributed by atoms with van der Waals surface area (Å²) in [6.07, 6.45) is 3.23. The molecule has 10 heteroatoms. The fourth-order valence-electron chi connectivity index (χ4n) is 2.87. The molecular weight excluding hydrogens is 370 g/mol. The maximum Gasteiger partial charge on any atom is 0.270 e. The molecule has 4 rings (SSSR count). The molecule has 138 valence electrons. The van der Waals surface area contributed by atoms with Crippen LogP contribution in [0.3, 0.4) is 0 Å². The molecular formula is C17H15N5O4S. The minimum atomic E-state index is -0.442. The highest BCUT2D eigenvalue weighted by Gasteiger charge is 2.23. The summed E-state index contributed by atoms with van der Waals surface area (Å²) in [4.78, 5) is 10.5. The normalized spacial score (nSPS) is 17.0. The van der Waals surface area contributed by atoms with Gasteiger partial charge < -0.3 is 9.15 Å². The van der Waals surface area contributed by atoms with E-state index in [4.69, 9.17) is 21.4 Å². The molecule has 1 aliphatic heterocycles. The van der Waals surface area contributed by atoms with Gasteiger partial charge in [0.15, 0.2) is 5.82 Å². The Labute approximate surface area is 158 Å². The molecule has 1 aromatic carbocycles. The molecule has 0 amide bonds. The lowest BCUT2D eigenvalue weighted by atomic mass is 10.1. The van der Waals surface area contributed by atoms with Crippen molar-refractivity contribution in [1.82, 2.24) is 14.9 Å². The van der Waals surface area contributed by atoms with Gasteiger partial charge in [-0.25, -0.2) is 0 Å². The second-order valence-electron chi connectivity index (χ2n) is 5.95. The molecule has 1 saturated heterocycles. The quantitative estimate of drug-likeness (QED) is 0.309. The number of ether oxygens (including phenoxy) is 1. The predicted octanol–water partition coefficient (Wildman–Crippen LogP) is 3.84. The van der Waals surface area contributed by atoms with Gasteiger partial charge in [0, 0.05) is 24.3 Å². The van der Waals surface area contributed by atoms with Crippen molar-refractivity contribution in [3.05, 3.63) is 62.9 Å². The van der Waals surface area contributed by atoms with Gasteiger partial charge in [-0.2, -0.15) is 14.9 Å². The maximum absolute atomic E-state index is 10.9. The highest BCUT2D eigenvalue weighted by atomic mass is 32.1. The Morgan fingerprint density at radius 3 is 3.07 bits per heavy atom. The number of rotatable bonds is 5. The van der Waals surface area contributed by atoms with Crippen molar-refractivity contribution in [3.63, 3.8) is 0 Å². The van der Waals surface area contributed by atoms with E-state index in [9.17, 15) is 10.1 Å². The Morgan fingerprint density at radius 2 is 2.30 bits per heavy atom. The summed E-state index contributed by atoms with van der Waals surface area (Å²) in [6.45, 7) is 0.693. The van der Waals surface area contributed by atoms with Crippen LogP contribution in [-0.4, -0.2) is 32.6 Å². The summed E-state index contributed by atoms with van der Waals surface area (Å²) in [6, 6.07) is 9.71. The van der Waals surface area contributed by atoms with Gasteiger partial charge in [-0.15, -0.1) is 0 Å². The average molecular weight is 385 g/mol. The minimum absolute atomic E-state index is 0.00465. The Balaban J connectivity index is 1.58. The van der Waals surface area contributed by atoms with E-state index >= 15 is 0 Å². The van der Waals surface area contributed by atoms with E-state index in [2.05, 4.69) is 15.3 Å². The Kier molecular flexibility index (Phi) is 4.65. The van der Waals surface area contributed by atoms with Crippen LogP contribution in [0.15, 0.2) is 45.9 Å². The van der Waals surface area contributed by atoms with Crippen LogP contribution < -0.4 is 0 Å². The van der Waals surface area contributed by atoms with E-state index in [1.165, 1.54) is 23.0 Å². The monoisotopic (exact) mass is 385 g/mol. The van der Waals surface area contributed by atoms with Crippen LogP contribution in [0, 0.1) is 14.9 Å². The second kappa shape index (κ2) is 7.25. The van der Waals surface area contributed by atoms with E-state index in [0.717, 1.165) is 12.8 Å². The van der Waals surface area contributed by atoms with E-state index in [1.54, 1.807) is 24.3 Å². The number of H-pyrrole nitrogens is 1. The maximum atomic E-state index is 10.9. The van der Waals surface area contributed by atoms with Crippen molar-refractivity contribution < 1.29 is 14.1 Å². The van der Waals surface area contributed by atoms with Crippen molar-refractivity contribution in [1.29, 1.82) is 0 Å². The van der Waals surface area contributed by atoms with Crippen LogP contribution >= 0.6 is 12.2 Å². The lowest BCUT2D eigenvalue weighted by molar-refractivity contribution is -0.384. The first kappa shape index (κ1) is 17.3. The van der Waals surface area contributed by atoms with Crippen molar-refractivity contribution in [2.24, 2.45) is 5.10 Å². The van der Waals surface area contributed by atoms with Crippen LogP contribution in [0.5, 0.6) is 0 Å². The van der Waals surface area contributed by atoms with Crippen LogP contribution in [0.4, 0.5) is 5.69 Å². The molecule has 0 spiro atoms. The molecule has 0 bridgehead atoms. The fourth-order valence-corrected chi connectivity index (χ4v) is 3.06. The van der Waals surface area contributed by atoms with E-state index in [1.807, 2.05) is 0 Å². The number of nitro benzene ring substituents is 1. The van der Waals surface area contributed by atoms with Gasteiger partial charge >= 0.3 is 0 Å². The zero-order valence-corrected chi connectivity index (χ0v) is 14.9. The van der Waals surface area contributed by atoms with Gasteiger partial charge in [0.1, 0.15) is 17.6 Å². The lowest BCUT2D eigenvalue weighted by Crippen LogP contribution is -2.05. The molecule has 0 aliphatic carbocycles. The van der Waals surface area contributed by atoms with Gasteiger partial charge in [0.25, 0.3) is 5.69 Å². The lowest BCUT2D eigenvalue weighted by Gasteiger charge is -2.06. The molecule has 0 unspecified atom stereocenters. The summed E-state index contributed by atoms with van der Waals surface area (Å²) in [5.41, 5.74) is 0.619. The number of hydrogen-bond donors (Lipinski definition) is 1. The van der Waals surface area contributed by atoms with E-state index in [0.29, 0.717) is 34.3 Å². The van der Waals surface area contributed by atoms with E-state index in [-0.39, 0.29) is 11.8 Å². The predicted molar refractivity (Wildman–Crippen MR) is 99.1 cm³/mol. The van der Waals surface area contributed by atoms with Gasteiger partial charge in [-0.3, -0.25) is 15.2 Å². The minimum Gasteiger partial charge on any atom is -0.455 e. The highest BCUT2D eigenvalue weighted by Crippen LogP contribution is 2.27. The second-order valence-corrected chi connectivity index (χ2v) is 6.34. The number of non-ortho nitro benzene ring substituents is 1. The first-order chi connectivity index (χ1) is 13.1. The zero-order chi connectivity index (χ0) is 18.8. The molecule has 2 aromatic heterocycles. The van der Waals surface area contributed by atoms with Crippen LogP contribution in [0.25, 0.3) is 11.3 Å². The third-order valence-corrected chi connectivity index (χ3v) is 4.43. The van der Waals surface area contributed by atoms with Gasteiger partial charge in [0.05, 0.1) is 11.1 Å². The molecule has 1 N–H and O–H groups in total. The number of furan rings is 1. The number of aromatic amines is 1. The highest BCUT2D eigenvalue weighted by molar-refractivity contribution is 7.71. The Bertz CT molecular complexity index is 1060. The van der Waals surface area contributed by atoms with Crippen LogP contribution in [0.1, 0.15) is 30.5 Å². The molecule has 0 saturated carbocycles. The summed E-state index contributed by atoms with van der Waals surface area (Å²) in [7, 11) is 0. The van der Waals surface area contributed by atoms with Crippen LogP contribution in [0.2, 0.25) is 0 Å². The number of nitro groups is 1. The molecule has 1 fully saturated rings. The zero-order valence-electron chi connectivity index (χ0n) is 14.1. The summed E-state index contributed by atoms with van der Waals surface area (Å²) < 4.78 is 13.2. The molecule has 3 heterocycles. The molecule has 1 aliphatic rings. The number of nitrogens with zero attached hydrogens (tertiary/aromatic N) is 4. The van der Waals surface area contributed by atoms with Crippen molar-refractivity contribution in [3.8, 4) is 11.3 Å². The molecule has 1 atom stereocenters. The largest absolute Gasteiger partial charge is 0.455 e. The summed E-state index contributed by atoms with van der Waals surface area (Å²) in [5.74, 6) is 1.62. The van der Waals surface area contributed by atoms with Crippen molar-refractivity contribution in [2.75, 3.05) is 6.61 Å².